The molecular formula is C11H20F3N3O3. The van der Waals surface area contributed by atoms with Gasteiger partial charge in [0.1, 0.15) is 13.1 Å². The number of ether oxygens (including phenoxy) is 1. The maximum atomic E-state index is 12.4. The molecule has 0 aliphatic heterocycles. The average molecular weight is 299 g/mol. The molecule has 0 saturated carbocycles. The maximum absolute atomic E-state index is 12.4. The second kappa shape index (κ2) is 8.05. The summed E-state index contributed by atoms with van der Waals surface area (Å²) in [5, 5.41) is 0. The van der Waals surface area contributed by atoms with Gasteiger partial charge in [0.05, 0.1) is 6.04 Å². The van der Waals surface area contributed by atoms with Gasteiger partial charge in [-0.2, -0.15) is 13.2 Å². The molecule has 0 saturated heterocycles. The molecule has 0 heterocycles. The summed E-state index contributed by atoms with van der Waals surface area (Å²) in [7, 11) is 4.17. The fourth-order valence-electron chi connectivity index (χ4n) is 1.34. The molecule has 0 aliphatic rings. The van der Waals surface area contributed by atoms with Crippen LogP contribution in [0.15, 0.2) is 0 Å². The van der Waals surface area contributed by atoms with Crippen molar-refractivity contribution in [3.05, 3.63) is 0 Å². The van der Waals surface area contributed by atoms with Crippen molar-refractivity contribution in [3.63, 3.8) is 0 Å². The van der Waals surface area contributed by atoms with Crippen LogP contribution in [0, 0.1) is 0 Å². The predicted molar refractivity (Wildman–Crippen MR) is 65.8 cm³/mol. The Hall–Kier alpha value is -1.35. The zero-order valence-electron chi connectivity index (χ0n) is 11.7. The first-order valence-corrected chi connectivity index (χ1v) is 5.88. The van der Waals surface area contributed by atoms with Crippen LogP contribution in [0.4, 0.5) is 13.2 Å². The van der Waals surface area contributed by atoms with Crippen molar-refractivity contribution in [3.8, 4) is 0 Å². The number of amides is 2. The normalized spacial score (nSPS) is 12.9. The zero-order valence-corrected chi connectivity index (χ0v) is 11.7. The predicted octanol–water partition coefficient (Wildman–Crippen LogP) is -0.171. The van der Waals surface area contributed by atoms with Crippen molar-refractivity contribution in [2.45, 2.75) is 18.6 Å². The molecule has 0 aromatic heterocycles. The van der Waals surface area contributed by atoms with Crippen LogP contribution in [0.3, 0.4) is 0 Å². The summed E-state index contributed by atoms with van der Waals surface area (Å²) in [6, 6.07) is -1.13. The van der Waals surface area contributed by atoms with E-state index < -0.39 is 37.1 Å². The standard InChI is InChI=1S/C11H20F3N3O3/c1-16(2)9(18)6-17(7-11(12,13)14)10(19)8(15)4-5-20-3/h8H,4-7,15H2,1-3H3. The second-order valence-electron chi connectivity index (χ2n) is 4.49. The Bertz CT molecular complexity index is 335. The quantitative estimate of drug-likeness (QED) is 0.708. The Kier molecular flexibility index (Phi) is 7.51. The van der Waals surface area contributed by atoms with E-state index in [2.05, 4.69) is 0 Å². The van der Waals surface area contributed by atoms with E-state index in [4.69, 9.17) is 10.5 Å². The summed E-state index contributed by atoms with van der Waals surface area (Å²) in [4.78, 5) is 24.9. The molecule has 0 fully saturated rings. The molecular weight excluding hydrogens is 279 g/mol. The van der Waals surface area contributed by atoms with Crippen molar-refractivity contribution in [2.75, 3.05) is 40.9 Å². The van der Waals surface area contributed by atoms with Gasteiger partial charge in [0.15, 0.2) is 0 Å². The highest BCUT2D eigenvalue weighted by molar-refractivity contribution is 5.87. The van der Waals surface area contributed by atoms with Gasteiger partial charge in [-0.15, -0.1) is 0 Å². The van der Waals surface area contributed by atoms with Crippen LogP contribution in [0.5, 0.6) is 0 Å². The van der Waals surface area contributed by atoms with Crippen molar-refractivity contribution >= 4 is 11.8 Å². The van der Waals surface area contributed by atoms with Crippen LogP contribution < -0.4 is 5.73 Å². The molecule has 2 amide bonds. The molecule has 0 spiro atoms. The first-order chi connectivity index (χ1) is 9.08. The maximum Gasteiger partial charge on any atom is 0.406 e. The van der Waals surface area contributed by atoms with Gasteiger partial charge in [0.25, 0.3) is 0 Å². The summed E-state index contributed by atoms with van der Waals surface area (Å²) < 4.78 is 42.1. The SMILES string of the molecule is COCCC(N)C(=O)N(CC(=O)N(C)C)CC(F)(F)F. The van der Waals surface area contributed by atoms with E-state index in [0.29, 0.717) is 4.90 Å². The summed E-state index contributed by atoms with van der Waals surface area (Å²) in [6.07, 6.45) is -4.51. The van der Waals surface area contributed by atoms with Crippen LogP contribution in [0.25, 0.3) is 0 Å². The number of nitrogens with two attached hydrogens (primary N) is 1. The molecule has 0 bridgehead atoms. The molecule has 0 aromatic carbocycles. The first-order valence-electron chi connectivity index (χ1n) is 5.88. The van der Waals surface area contributed by atoms with Crippen molar-refractivity contribution in [1.29, 1.82) is 0 Å². The molecule has 0 aliphatic carbocycles. The van der Waals surface area contributed by atoms with Crippen LogP contribution in [0.2, 0.25) is 0 Å². The van der Waals surface area contributed by atoms with E-state index in [-0.39, 0.29) is 13.0 Å². The Morgan fingerprint density at radius 1 is 1.30 bits per heavy atom. The van der Waals surface area contributed by atoms with Crippen LogP contribution in [0.1, 0.15) is 6.42 Å². The fraction of sp³-hybridized carbons (Fsp3) is 0.818. The van der Waals surface area contributed by atoms with Gasteiger partial charge in [-0.25, -0.2) is 0 Å². The average Bonchev–Trinajstić information content (AvgIpc) is 2.32. The molecule has 2 N–H and O–H groups in total. The monoisotopic (exact) mass is 299 g/mol. The summed E-state index contributed by atoms with van der Waals surface area (Å²) in [5.74, 6) is -1.53. The van der Waals surface area contributed by atoms with Gasteiger partial charge >= 0.3 is 6.18 Å². The van der Waals surface area contributed by atoms with Crippen molar-refractivity contribution in [1.82, 2.24) is 9.80 Å². The molecule has 0 aromatic rings. The molecule has 6 nitrogen and oxygen atoms in total. The zero-order chi connectivity index (χ0) is 15.9. The van der Waals surface area contributed by atoms with Crippen LogP contribution >= 0.6 is 0 Å². The summed E-state index contributed by atoms with van der Waals surface area (Å²) in [6.45, 7) is -2.02. The summed E-state index contributed by atoms with van der Waals surface area (Å²) in [5.41, 5.74) is 5.51. The molecule has 9 heteroatoms. The minimum Gasteiger partial charge on any atom is -0.385 e. The largest absolute Gasteiger partial charge is 0.406 e. The Labute approximate surface area is 115 Å². The number of nitrogens with zero attached hydrogens (tertiary/aromatic N) is 2. The number of hydrogen-bond donors (Lipinski definition) is 1. The third-order valence-corrected chi connectivity index (χ3v) is 2.46. The first kappa shape index (κ1) is 18.7. The molecule has 1 unspecified atom stereocenters. The van der Waals surface area contributed by atoms with E-state index in [9.17, 15) is 22.8 Å². The number of alkyl halides is 3. The van der Waals surface area contributed by atoms with Crippen molar-refractivity contribution < 1.29 is 27.5 Å². The number of likely N-dealkylation sites (N-methyl/N-ethyl adjacent to an activating group) is 1. The number of rotatable bonds is 7. The third kappa shape index (κ3) is 7.29. The van der Waals surface area contributed by atoms with Gasteiger partial charge in [-0.05, 0) is 6.42 Å². The van der Waals surface area contributed by atoms with E-state index in [0.717, 1.165) is 4.90 Å². The second-order valence-corrected chi connectivity index (χ2v) is 4.49. The van der Waals surface area contributed by atoms with E-state index in [1.807, 2.05) is 0 Å². The minimum absolute atomic E-state index is 0.0832. The molecule has 0 rings (SSSR count). The lowest BCUT2D eigenvalue weighted by atomic mass is 10.2. The molecule has 1 atom stereocenters. The van der Waals surface area contributed by atoms with Gasteiger partial charge in [-0.1, -0.05) is 0 Å². The fourth-order valence-corrected chi connectivity index (χ4v) is 1.34. The minimum atomic E-state index is -4.59. The topological polar surface area (TPSA) is 75.9 Å². The van der Waals surface area contributed by atoms with Gasteiger partial charge in [-0.3, -0.25) is 9.59 Å². The highest BCUT2D eigenvalue weighted by Gasteiger charge is 2.35. The number of hydrogen-bond acceptors (Lipinski definition) is 4. The third-order valence-electron chi connectivity index (χ3n) is 2.46. The molecule has 118 valence electrons. The number of carbonyl (C=O) groups excluding carboxylic acids is 2. The van der Waals surface area contributed by atoms with E-state index in [1.165, 1.54) is 21.2 Å². The highest BCUT2D eigenvalue weighted by atomic mass is 19.4. The van der Waals surface area contributed by atoms with Crippen LogP contribution in [-0.4, -0.2) is 74.7 Å². The lowest BCUT2D eigenvalue weighted by Crippen LogP contribution is -2.51. The molecule has 20 heavy (non-hydrogen) atoms. The van der Waals surface area contributed by atoms with Crippen LogP contribution in [-0.2, 0) is 14.3 Å². The highest BCUT2D eigenvalue weighted by Crippen LogP contribution is 2.17. The Balaban J connectivity index is 4.82. The van der Waals surface area contributed by atoms with Gasteiger partial charge in [0, 0.05) is 27.8 Å². The Morgan fingerprint density at radius 2 is 1.85 bits per heavy atom. The number of carbonyl (C=O) groups is 2. The smallest absolute Gasteiger partial charge is 0.385 e. The van der Waals surface area contributed by atoms with Gasteiger partial charge < -0.3 is 20.3 Å². The van der Waals surface area contributed by atoms with Gasteiger partial charge in [0.2, 0.25) is 11.8 Å². The van der Waals surface area contributed by atoms with Crippen molar-refractivity contribution in [2.24, 2.45) is 5.73 Å². The number of methoxy groups -OCH3 is 1. The van der Waals surface area contributed by atoms with E-state index in [1.54, 1.807) is 0 Å². The Morgan fingerprint density at radius 3 is 2.25 bits per heavy atom. The van der Waals surface area contributed by atoms with E-state index >= 15 is 0 Å². The lowest BCUT2D eigenvalue weighted by Gasteiger charge is -2.27. The molecule has 0 radical (unpaired) electrons. The number of halogens is 3. The summed E-state index contributed by atoms with van der Waals surface area (Å²) >= 11 is 0. The lowest BCUT2D eigenvalue weighted by molar-refractivity contribution is -0.165.